The van der Waals surface area contributed by atoms with Crippen LogP contribution in [0, 0.1) is 0 Å². The Morgan fingerprint density at radius 1 is 0.286 bits per heavy atom. The Morgan fingerprint density at radius 3 is 0.286 bits per heavy atom. The maximum absolute atomic E-state index is 0. The second kappa shape index (κ2) is 85.3. The Morgan fingerprint density at radius 2 is 0.286 bits per heavy atom. The van der Waals surface area contributed by atoms with Gasteiger partial charge in [0.05, 0.1) is 0 Å². The van der Waals surface area contributed by atoms with Crippen LogP contribution < -0.4 is 74.4 Å². The average Bonchev–Trinajstić information content (AvgIpc) is 0. The minimum Gasteiger partial charge on any atom is -1.00 e. The molecule has 0 N–H and O–H groups in total. The van der Waals surface area contributed by atoms with Crippen LogP contribution in [0.5, 0.6) is 0 Å². The third-order valence-electron chi connectivity index (χ3n) is 0. The van der Waals surface area contributed by atoms with E-state index in [1.54, 1.807) is 0 Å². The van der Waals surface area contributed by atoms with Gasteiger partial charge in [0.15, 0.2) is 0 Å². The second-order valence-electron chi connectivity index (χ2n) is 0. The van der Waals surface area contributed by atoms with Gasteiger partial charge in [0.2, 0.25) is 0 Å². The van der Waals surface area contributed by atoms with Crippen LogP contribution >= 0.6 is 0 Å². The molecule has 0 fully saturated rings. The molecule has 0 rings (SSSR count). The molecule has 0 aromatic heterocycles. The van der Waals surface area contributed by atoms with Crippen LogP contribution in [0.3, 0.4) is 0 Å². The van der Waals surface area contributed by atoms with Gasteiger partial charge in [0.1, 0.15) is 0 Å². The number of hydrogen-bond donors (Lipinski definition) is 0. The summed E-state index contributed by atoms with van der Waals surface area (Å²) in [4.78, 5) is 0. The van der Waals surface area contributed by atoms with Crippen LogP contribution in [0.25, 0.3) is 0 Å². The molecule has 0 nitrogen and oxygen atoms in total. The summed E-state index contributed by atoms with van der Waals surface area (Å²) >= 11 is 0. The van der Waals surface area contributed by atoms with Crippen molar-refractivity contribution in [3.63, 3.8) is 0 Å². The van der Waals surface area contributed by atoms with Crippen LogP contribution in [0.2, 0.25) is 0 Å². The molecule has 0 radical (unpaired) electrons. The standard InChI is InChI=1S/6ClH.Fe/h6*1H;/q;;;;;;+6/p-6. The molecule has 0 amide bonds. The Balaban J connectivity index is 0. The molecule has 7 heavy (non-hydrogen) atoms. The van der Waals surface area contributed by atoms with E-state index in [1.165, 1.54) is 0 Å². The van der Waals surface area contributed by atoms with Gasteiger partial charge in [-0.3, -0.25) is 0 Å². The quantitative estimate of drug-likeness (QED) is 0.383. The molecule has 0 saturated heterocycles. The topological polar surface area (TPSA) is 0 Å². The SMILES string of the molecule is [Cl-].[Cl-].[Cl-].[Cl-].[Cl-].[Cl-].[Fe+6]. The van der Waals surface area contributed by atoms with Gasteiger partial charge in [-0.15, -0.1) is 0 Å². The zero-order valence-electron chi connectivity index (χ0n) is 2.62. The molecule has 0 atom stereocenters. The summed E-state index contributed by atoms with van der Waals surface area (Å²) in [6.07, 6.45) is 0. The summed E-state index contributed by atoms with van der Waals surface area (Å²) in [6.45, 7) is 0. The van der Waals surface area contributed by atoms with E-state index in [9.17, 15) is 0 Å². The van der Waals surface area contributed by atoms with E-state index >= 15 is 0 Å². The van der Waals surface area contributed by atoms with Crippen molar-refractivity contribution < 1.29 is 91.5 Å². The van der Waals surface area contributed by atoms with E-state index in [2.05, 4.69) is 0 Å². The van der Waals surface area contributed by atoms with Crippen molar-refractivity contribution in [2.75, 3.05) is 0 Å². The first-order valence-electron chi connectivity index (χ1n) is 0. The maximum atomic E-state index is 0. The average molecular weight is 269 g/mol. The zero-order valence-corrected chi connectivity index (χ0v) is 8.26. The van der Waals surface area contributed by atoms with E-state index < -0.39 is 0 Å². The smallest absolute Gasteiger partial charge is 1.00 e. The van der Waals surface area contributed by atoms with Crippen LogP contribution in [0.15, 0.2) is 0 Å². The van der Waals surface area contributed by atoms with Gasteiger partial charge in [0.25, 0.3) is 0 Å². The molecule has 0 aliphatic carbocycles. The number of rotatable bonds is 0. The largest absolute Gasteiger partial charge is 6.00 e. The monoisotopic (exact) mass is 266 g/mol. The zero-order chi connectivity index (χ0) is 0. The van der Waals surface area contributed by atoms with Crippen molar-refractivity contribution >= 4 is 0 Å². The fourth-order valence-corrected chi connectivity index (χ4v) is 0. The van der Waals surface area contributed by atoms with Crippen LogP contribution in [-0.2, 0) is 17.1 Å². The molecule has 0 aliphatic heterocycles. The van der Waals surface area contributed by atoms with E-state index in [0.717, 1.165) is 0 Å². The molecule has 0 bridgehead atoms. The maximum Gasteiger partial charge on any atom is 6.00 e. The predicted molar refractivity (Wildman–Crippen MR) is 0 cm³/mol. The van der Waals surface area contributed by atoms with E-state index in [1.807, 2.05) is 0 Å². The van der Waals surface area contributed by atoms with E-state index in [0.29, 0.717) is 0 Å². The minimum absolute atomic E-state index is 0. The molecule has 0 aromatic carbocycles. The number of hydrogen-bond acceptors (Lipinski definition) is 0. The van der Waals surface area contributed by atoms with Gasteiger partial charge in [-0.1, -0.05) is 0 Å². The van der Waals surface area contributed by atoms with Crippen LogP contribution in [-0.4, -0.2) is 0 Å². The normalized spacial score (nSPS) is 0. The third kappa shape index (κ3) is 63.4. The van der Waals surface area contributed by atoms with Crippen molar-refractivity contribution in [1.82, 2.24) is 0 Å². The van der Waals surface area contributed by atoms with E-state index in [-0.39, 0.29) is 91.5 Å². The first-order valence-corrected chi connectivity index (χ1v) is 0. The Bertz CT molecular complexity index is 4.14. The third-order valence-corrected chi connectivity index (χ3v) is 0. The summed E-state index contributed by atoms with van der Waals surface area (Å²) < 4.78 is 0. The fraction of sp³-hybridized carbons (Fsp3) is 0. The summed E-state index contributed by atoms with van der Waals surface area (Å²) in [7, 11) is 0. The molecule has 0 aromatic rings. The van der Waals surface area contributed by atoms with Gasteiger partial charge in [-0.2, -0.15) is 0 Å². The van der Waals surface area contributed by atoms with Crippen molar-refractivity contribution in [3.8, 4) is 0 Å². The second-order valence-corrected chi connectivity index (χ2v) is 0. The Kier molecular flexibility index (Phi) is 1510. The van der Waals surface area contributed by atoms with Gasteiger partial charge >= 0.3 is 17.1 Å². The van der Waals surface area contributed by atoms with Gasteiger partial charge in [-0.05, 0) is 0 Å². The summed E-state index contributed by atoms with van der Waals surface area (Å²) in [5, 5.41) is 0. The molecule has 0 spiro atoms. The molecule has 0 saturated carbocycles. The van der Waals surface area contributed by atoms with Crippen molar-refractivity contribution in [1.29, 1.82) is 0 Å². The Hall–Kier alpha value is 2.26. The van der Waals surface area contributed by atoms with Crippen LogP contribution in [0.1, 0.15) is 0 Å². The molecule has 0 heterocycles. The van der Waals surface area contributed by atoms with Gasteiger partial charge in [-0.25, -0.2) is 0 Å². The molecule has 7 heteroatoms. The van der Waals surface area contributed by atoms with Crippen molar-refractivity contribution in [2.45, 2.75) is 0 Å². The predicted octanol–water partition coefficient (Wildman–Crippen LogP) is -18.0. The summed E-state index contributed by atoms with van der Waals surface area (Å²) in [5.41, 5.74) is 0. The molecule has 0 aliphatic rings. The van der Waals surface area contributed by atoms with Crippen LogP contribution in [0.4, 0.5) is 0 Å². The summed E-state index contributed by atoms with van der Waals surface area (Å²) in [6, 6.07) is 0. The van der Waals surface area contributed by atoms with Gasteiger partial charge in [0, 0.05) is 0 Å². The molecular weight excluding hydrogens is 269 g/mol. The van der Waals surface area contributed by atoms with Crippen molar-refractivity contribution in [2.24, 2.45) is 0 Å². The first kappa shape index (κ1) is 124. The number of halogens is 6. The minimum atomic E-state index is 0. The molecular formula is Cl6Fe. The molecule has 50 valence electrons. The fourth-order valence-electron chi connectivity index (χ4n) is 0. The van der Waals surface area contributed by atoms with Crippen molar-refractivity contribution in [3.05, 3.63) is 0 Å². The van der Waals surface area contributed by atoms with Gasteiger partial charge < -0.3 is 74.4 Å². The Labute approximate surface area is 90.9 Å². The summed E-state index contributed by atoms with van der Waals surface area (Å²) in [5.74, 6) is 0. The first-order chi connectivity index (χ1) is 0. The molecule has 0 unspecified atom stereocenters. The van der Waals surface area contributed by atoms with E-state index in [4.69, 9.17) is 0 Å².